The quantitative estimate of drug-likeness (QED) is 0.547. The summed E-state index contributed by atoms with van der Waals surface area (Å²) in [5, 5.41) is 0.707. The van der Waals surface area contributed by atoms with Crippen LogP contribution in [-0.2, 0) is 13.0 Å². The van der Waals surface area contributed by atoms with Gasteiger partial charge in [0, 0.05) is 23.7 Å². The zero-order valence-corrected chi connectivity index (χ0v) is 16.8. The Labute approximate surface area is 169 Å². The van der Waals surface area contributed by atoms with Crippen LogP contribution in [0.15, 0.2) is 54.7 Å². The molecule has 0 radical (unpaired) electrons. The zero-order chi connectivity index (χ0) is 18.9. The van der Waals surface area contributed by atoms with E-state index in [1.165, 1.54) is 28.8 Å². The molecular weight excluding hydrogens is 368 g/mol. The van der Waals surface area contributed by atoms with E-state index < -0.39 is 0 Å². The Balaban J connectivity index is 1.25. The molecule has 0 amide bonds. The largest absolute Gasteiger partial charge is 0.485 e. The van der Waals surface area contributed by atoms with Gasteiger partial charge in [0.25, 0.3) is 5.19 Å². The fraction of sp³-hybridized carbons (Fsp3) is 0.348. The molecule has 5 heteroatoms. The van der Waals surface area contributed by atoms with E-state index in [0.29, 0.717) is 5.19 Å². The van der Waals surface area contributed by atoms with Crippen LogP contribution in [0.5, 0.6) is 16.7 Å². The summed E-state index contributed by atoms with van der Waals surface area (Å²) in [6.07, 6.45) is 6.68. The van der Waals surface area contributed by atoms with Crippen molar-refractivity contribution >= 4 is 11.3 Å². The lowest BCUT2D eigenvalue weighted by Gasteiger charge is -2.26. The molecule has 0 bridgehead atoms. The first-order chi connectivity index (χ1) is 13.7. The van der Waals surface area contributed by atoms with E-state index in [1.807, 2.05) is 24.4 Å². The van der Waals surface area contributed by atoms with Crippen molar-refractivity contribution in [3.63, 3.8) is 0 Å². The Kier molecular flexibility index (Phi) is 4.79. The second-order valence-corrected chi connectivity index (χ2v) is 8.74. The highest BCUT2D eigenvalue weighted by Gasteiger charge is 2.26. The fourth-order valence-corrected chi connectivity index (χ4v) is 4.57. The van der Waals surface area contributed by atoms with Crippen LogP contribution in [0.2, 0.25) is 0 Å². The minimum Gasteiger partial charge on any atom is -0.485 e. The molecule has 2 aliphatic rings. The Morgan fingerprint density at radius 3 is 2.82 bits per heavy atom. The van der Waals surface area contributed by atoms with Crippen LogP contribution in [0.25, 0.3) is 0 Å². The third kappa shape index (κ3) is 3.91. The lowest BCUT2D eigenvalue weighted by molar-refractivity contribution is 0.176. The van der Waals surface area contributed by atoms with E-state index in [-0.39, 0.29) is 6.10 Å². The van der Waals surface area contributed by atoms with Crippen LogP contribution in [0.3, 0.4) is 0 Å². The monoisotopic (exact) mass is 392 g/mol. The number of aromatic nitrogens is 1. The molecule has 0 saturated heterocycles. The molecular formula is C23H24N2O2S. The maximum atomic E-state index is 6.23. The lowest BCUT2D eigenvalue weighted by Crippen LogP contribution is -2.19. The SMILES string of the molecule is CN(Cc1cnc(Oc2ccc3c(c2)CCC(c2ccccc2)O3)s1)C1CC1. The molecule has 1 atom stereocenters. The van der Waals surface area contributed by atoms with Gasteiger partial charge in [0.1, 0.15) is 17.6 Å². The number of hydrogen-bond donors (Lipinski definition) is 0. The van der Waals surface area contributed by atoms with Crippen molar-refractivity contribution in [2.45, 2.75) is 44.4 Å². The van der Waals surface area contributed by atoms with E-state index in [2.05, 4.69) is 47.3 Å². The second kappa shape index (κ2) is 7.57. The van der Waals surface area contributed by atoms with Crippen LogP contribution in [-0.4, -0.2) is 23.0 Å². The molecule has 1 unspecified atom stereocenters. The smallest absolute Gasteiger partial charge is 0.278 e. The molecule has 144 valence electrons. The number of hydrogen-bond acceptors (Lipinski definition) is 5. The van der Waals surface area contributed by atoms with Crippen molar-refractivity contribution in [3.8, 4) is 16.7 Å². The molecule has 28 heavy (non-hydrogen) atoms. The van der Waals surface area contributed by atoms with E-state index in [0.717, 1.165) is 36.9 Å². The van der Waals surface area contributed by atoms with Gasteiger partial charge >= 0.3 is 0 Å². The number of ether oxygens (including phenoxy) is 2. The Morgan fingerprint density at radius 2 is 2.00 bits per heavy atom. The molecule has 2 heterocycles. The molecule has 1 aliphatic heterocycles. The molecule has 1 saturated carbocycles. The standard InChI is InChI=1S/C23H24N2O2S/c1-25(18-8-9-18)15-20-14-24-23(28-20)26-19-10-12-22-17(13-19)7-11-21(27-22)16-5-3-2-4-6-16/h2-6,10,12-14,18,21H,7-9,11,15H2,1H3. The van der Waals surface area contributed by atoms with Crippen molar-refractivity contribution in [1.82, 2.24) is 9.88 Å². The summed E-state index contributed by atoms with van der Waals surface area (Å²) in [6, 6.07) is 17.3. The molecule has 1 aliphatic carbocycles. The van der Waals surface area contributed by atoms with Gasteiger partial charge in [-0.05, 0) is 62.1 Å². The third-order valence-electron chi connectivity index (χ3n) is 5.46. The van der Waals surface area contributed by atoms with Gasteiger partial charge in [0.15, 0.2) is 0 Å². The van der Waals surface area contributed by atoms with Gasteiger partial charge < -0.3 is 9.47 Å². The summed E-state index contributed by atoms with van der Waals surface area (Å²) in [6.45, 7) is 0.949. The minimum absolute atomic E-state index is 0.130. The molecule has 4 nitrogen and oxygen atoms in total. The van der Waals surface area contributed by atoms with Crippen LogP contribution < -0.4 is 9.47 Å². The summed E-state index contributed by atoms with van der Waals surface area (Å²) in [4.78, 5) is 8.09. The lowest BCUT2D eigenvalue weighted by atomic mass is 9.97. The first-order valence-electron chi connectivity index (χ1n) is 9.92. The average molecular weight is 393 g/mol. The summed E-state index contributed by atoms with van der Waals surface area (Å²) in [5.41, 5.74) is 2.44. The normalized spacial score (nSPS) is 18.6. The van der Waals surface area contributed by atoms with E-state index in [9.17, 15) is 0 Å². The van der Waals surface area contributed by atoms with Gasteiger partial charge in [-0.3, -0.25) is 4.90 Å². The van der Waals surface area contributed by atoms with Crippen LogP contribution in [0.4, 0.5) is 0 Å². The van der Waals surface area contributed by atoms with Crippen LogP contribution in [0.1, 0.15) is 41.4 Å². The van der Waals surface area contributed by atoms with Gasteiger partial charge in [-0.2, -0.15) is 0 Å². The van der Waals surface area contributed by atoms with Crippen molar-refractivity contribution in [1.29, 1.82) is 0 Å². The fourth-order valence-electron chi connectivity index (χ4n) is 3.73. The van der Waals surface area contributed by atoms with Gasteiger partial charge in [-0.1, -0.05) is 41.7 Å². The Bertz CT molecular complexity index is 952. The molecule has 0 spiro atoms. The van der Waals surface area contributed by atoms with Crippen molar-refractivity contribution in [2.75, 3.05) is 7.05 Å². The van der Waals surface area contributed by atoms with Gasteiger partial charge in [0.2, 0.25) is 0 Å². The summed E-state index contributed by atoms with van der Waals surface area (Å²) in [7, 11) is 2.18. The van der Waals surface area contributed by atoms with Crippen molar-refractivity contribution in [2.24, 2.45) is 0 Å². The maximum absolute atomic E-state index is 6.23. The number of nitrogens with zero attached hydrogens (tertiary/aromatic N) is 2. The average Bonchev–Trinajstić information content (AvgIpc) is 3.50. The maximum Gasteiger partial charge on any atom is 0.278 e. The second-order valence-electron chi connectivity index (χ2n) is 7.67. The number of thiazole rings is 1. The summed E-state index contributed by atoms with van der Waals surface area (Å²) >= 11 is 1.63. The van der Waals surface area contributed by atoms with Crippen molar-refractivity contribution in [3.05, 3.63) is 70.7 Å². The number of benzene rings is 2. The topological polar surface area (TPSA) is 34.6 Å². The van der Waals surface area contributed by atoms with Gasteiger partial charge in [-0.15, -0.1) is 0 Å². The predicted octanol–water partition coefficient (Wildman–Crippen LogP) is 5.60. The number of rotatable bonds is 6. The highest BCUT2D eigenvalue weighted by atomic mass is 32.1. The Morgan fingerprint density at radius 1 is 1.14 bits per heavy atom. The van der Waals surface area contributed by atoms with E-state index >= 15 is 0 Å². The molecule has 0 N–H and O–H groups in total. The minimum atomic E-state index is 0.130. The molecule has 3 aromatic rings. The third-order valence-corrected chi connectivity index (χ3v) is 6.32. The summed E-state index contributed by atoms with van der Waals surface area (Å²) in [5.74, 6) is 1.79. The molecule has 1 aromatic heterocycles. The molecule has 2 aromatic carbocycles. The van der Waals surface area contributed by atoms with Crippen LogP contribution >= 0.6 is 11.3 Å². The highest BCUT2D eigenvalue weighted by Crippen LogP contribution is 2.38. The van der Waals surface area contributed by atoms with E-state index in [1.54, 1.807) is 11.3 Å². The first-order valence-corrected chi connectivity index (χ1v) is 10.7. The highest BCUT2D eigenvalue weighted by molar-refractivity contribution is 7.13. The predicted molar refractivity (Wildman–Crippen MR) is 111 cm³/mol. The van der Waals surface area contributed by atoms with Gasteiger partial charge in [-0.25, -0.2) is 4.98 Å². The van der Waals surface area contributed by atoms with E-state index in [4.69, 9.17) is 9.47 Å². The van der Waals surface area contributed by atoms with Gasteiger partial charge in [0.05, 0.1) is 0 Å². The van der Waals surface area contributed by atoms with Crippen LogP contribution in [0, 0.1) is 0 Å². The summed E-state index contributed by atoms with van der Waals surface area (Å²) < 4.78 is 12.3. The number of aryl methyl sites for hydroxylation is 1. The molecule has 1 fully saturated rings. The van der Waals surface area contributed by atoms with Crippen molar-refractivity contribution < 1.29 is 9.47 Å². The first kappa shape index (κ1) is 17.7. The zero-order valence-electron chi connectivity index (χ0n) is 16.0. The Hall–Kier alpha value is -2.37. The number of fused-ring (bicyclic) bond motifs is 1. The molecule has 5 rings (SSSR count).